The largest absolute Gasteiger partial charge is 0.448 e. The first-order valence-corrected chi connectivity index (χ1v) is 3.30. The molecule has 4 N–H and O–H groups in total. The highest BCUT2D eigenvalue weighted by molar-refractivity contribution is 5.65. The van der Waals surface area contributed by atoms with Crippen molar-refractivity contribution in [1.29, 1.82) is 5.26 Å². The number of amides is 2. The smallest absolute Gasteiger partial charge is 0.404 e. The van der Waals surface area contributed by atoms with Crippen molar-refractivity contribution in [1.82, 2.24) is 0 Å². The van der Waals surface area contributed by atoms with E-state index in [0.29, 0.717) is 0 Å². The Balaban J connectivity index is 3.71. The van der Waals surface area contributed by atoms with Gasteiger partial charge in [-0.25, -0.2) is 9.59 Å². The van der Waals surface area contributed by atoms with Crippen LogP contribution in [0.2, 0.25) is 0 Å². The quantitative estimate of drug-likeness (QED) is 0.602. The zero-order valence-electron chi connectivity index (χ0n) is 6.73. The minimum atomic E-state index is -0.987. The molecule has 7 heteroatoms. The first-order chi connectivity index (χ1) is 6.06. The standard InChI is InChI=1S/C6H9N3O4/c7-1-4(2-12-5(8)10)3-13-6(9)11/h4H,2-3H2,(H2,8,10)(H2,9,11). The molecule has 0 aliphatic rings. The van der Waals surface area contributed by atoms with E-state index in [1.165, 1.54) is 0 Å². The van der Waals surface area contributed by atoms with E-state index in [9.17, 15) is 9.59 Å². The van der Waals surface area contributed by atoms with Gasteiger partial charge < -0.3 is 20.9 Å². The first-order valence-electron chi connectivity index (χ1n) is 3.30. The van der Waals surface area contributed by atoms with Crippen LogP contribution in [0, 0.1) is 17.2 Å². The van der Waals surface area contributed by atoms with Gasteiger partial charge in [0.15, 0.2) is 0 Å². The van der Waals surface area contributed by atoms with Crippen LogP contribution in [0.15, 0.2) is 0 Å². The number of nitriles is 1. The second kappa shape index (κ2) is 5.65. The highest BCUT2D eigenvalue weighted by Crippen LogP contribution is 1.96. The van der Waals surface area contributed by atoms with Crippen LogP contribution in [0.1, 0.15) is 0 Å². The van der Waals surface area contributed by atoms with Crippen LogP contribution in [0.3, 0.4) is 0 Å². The van der Waals surface area contributed by atoms with Crippen molar-refractivity contribution in [2.24, 2.45) is 17.4 Å². The Bertz CT molecular complexity index is 217. The SMILES string of the molecule is N#CC(COC(N)=O)COC(N)=O. The van der Waals surface area contributed by atoms with Gasteiger partial charge >= 0.3 is 12.2 Å². The minimum Gasteiger partial charge on any atom is -0.448 e. The van der Waals surface area contributed by atoms with Crippen molar-refractivity contribution >= 4 is 12.2 Å². The molecule has 0 radical (unpaired) electrons. The summed E-state index contributed by atoms with van der Waals surface area (Å²) in [5.41, 5.74) is 9.30. The van der Waals surface area contributed by atoms with Gasteiger partial charge in [-0.3, -0.25) is 0 Å². The second-order valence-electron chi connectivity index (χ2n) is 2.09. The van der Waals surface area contributed by atoms with Crippen LogP contribution in [0.25, 0.3) is 0 Å². The molecular weight excluding hydrogens is 178 g/mol. The van der Waals surface area contributed by atoms with E-state index in [1.54, 1.807) is 6.07 Å². The lowest BCUT2D eigenvalue weighted by atomic mass is 10.2. The van der Waals surface area contributed by atoms with Gasteiger partial charge in [-0.2, -0.15) is 5.26 Å². The molecule has 0 fully saturated rings. The number of carbonyl (C=O) groups excluding carboxylic acids is 2. The number of carbonyl (C=O) groups is 2. The number of nitrogens with two attached hydrogens (primary N) is 2. The number of primary amides is 2. The van der Waals surface area contributed by atoms with Crippen molar-refractivity contribution in [3.63, 3.8) is 0 Å². The van der Waals surface area contributed by atoms with Crippen molar-refractivity contribution in [2.75, 3.05) is 13.2 Å². The molecule has 0 atom stereocenters. The zero-order chi connectivity index (χ0) is 10.3. The number of hydrogen-bond donors (Lipinski definition) is 2. The molecule has 0 spiro atoms. The van der Waals surface area contributed by atoms with Crippen LogP contribution >= 0.6 is 0 Å². The molecule has 0 aliphatic carbocycles. The van der Waals surface area contributed by atoms with Crippen LogP contribution in [0.5, 0.6) is 0 Å². The normalized spacial score (nSPS) is 8.92. The van der Waals surface area contributed by atoms with Crippen molar-refractivity contribution in [3.05, 3.63) is 0 Å². The Kier molecular flexibility index (Phi) is 4.79. The molecule has 0 aromatic rings. The molecule has 0 aromatic carbocycles. The fourth-order valence-electron chi connectivity index (χ4n) is 0.488. The summed E-state index contributed by atoms with van der Waals surface area (Å²) in [4.78, 5) is 20.2. The third kappa shape index (κ3) is 6.43. The summed E-state index contributed by atoms with van der Waals surface area (Å²) in [7, 11) is 0. The molecule has 0 bridgehead atoms. The molecule has 0 saturated heterocycles. The van der Waals surface area contributed by atoms with Crippen LogP contribution in [0.4, 0.5) is 9.59 Å². The molecule has 72 valence electrons. The third-order valence-corrected chi connectivity index (χ3v) is 1.04. The zero-order valence-corrected chi connectivity index (χ0v) is 6.73. The summed E-state index contributed by atoms with van der Waals surface area (Å²) in [5.74, 6) is -0.750. The van der Waals surface area contributed by atoms with Crippen LogP contribution in [-0.2, 0) is 9.47 Å². The van der Waals surface area contributed by atoms with Gasteiger partial charge in [0.05, 0.1) is 6.07 Å². The van der Waals surface area contributed by atoms with E-state index in [0.717, 1.165) is 0 Å². The highest BCUT2D eigenvalue weighted by Gasteiger charge is 2.11. The van der Waals surface area contributed by atoms with Gasteiger partial charge in [-0.05, 0) is 0 Å². The fraction of sp³-hybridized carbons (Fsp3) is 0.500. The van der Waals surface area contributed by atoms with Gasteiger partial charge in [-0.1, -0.05) is 0 Å². The lowest BCUT2D eigenvalue weighted by molar-refractivity contribution is 0.110. The van der Waals surface area contributed by atoms with E-state index in [2.05, 4.69) is 20.9 Å². The Labute approximate surface area is 74.2 Å². The van der Waals surface area contributed by atoms with Crippen LogP contribution in [-0.4, -0.2) is 25.4 Å². The van der Waals surface area contributed by atoms with E-state index < -0.39 is 18.1 Å². The maximum atomic E-state index is 10.1. The fourth-order valence-corrected chi connectivity index (χ4v) is 0.488. The Morgan fingerprint density at radius 2 is 1.62 bits per heavy atom. The van der Waals surface area contributed by atoms with Gasteiger partial charge in [-0.15, -0.1) is 0 Å². The summed E-state index contributed by atoms with van der Waals surface area (Å²) >= 11 is 0. The molecule has 13 heavy (non-hydrogen) atoms. The number of ether oxygens (including phenoxy) is 2. The maximum absolute atomic E-state index is 10.1. The Morgan fingerprint density at radius 3 is 1.85 bits per heavy atom. The molecule has 0 saturated carbocycles. The average Bonchev–Trinajstić information content (AvgIpc) is 2.04. The summed E-state index contributed by atoms with van der Waals surface area (Å²) < 4.78 is 8.62. The van der Waals surface area contributed by atoms with E-state index in [-0.39, 0.29) is 13.2 Å². The van der Waals surface area contributed by atoms with E-state index in [4.69, 9.17) is 5.26 Å². The third-order valence-electron chi connectivity index (χ3n) is 1.04. The van der Waals surface area contributed by atoms with Gasteiger partial charge in [0, 0.05) is 0 Å². The Morgan fingerprint density at radius 1 is 1.23 bits per heavy atom. The number of rotatable bonds is 4. The average molecular weight is 187 g/mol. The molecular formula is C6H9N3O4. The van der Waals surface area contributed by atoms with Crippen molar-refractivity contribution < 1.29 is 19.1 Å². The summed E-state index contributed by atoms with van der Waals surface area (Å²) in [6.45, 7) is -0.446. The summed E-state index contributed by atoms with van der Waals surface area (Å²) in [6, 6.07) is 1.75. The molecule has 2 amide bonds. The molecule has 0 unspecified atom stereocenters. The van der Waals surface area contributed by atoms with Crippen molar-refractivity contribution in [2.45, 2.75) is 0 Å². The second-order valence-corrected chi connectivity index (χ2v) is 2.09. The van der Waals surface area contributed by atoms with Gasteiger partial charge in [0.1, 0.15) is 19.1 Å². The van der Waals surface area contributed by atoms with Gasteiger partial charge in [0.25, 0.3) is 0 Å². The van der Waals surface area contributed by atoms with Crippen LogP contribution < -0.4 is 11.5 Å². The first kappa shape index (κ1) is 11.0. The molecule has 0 aliphatic heterocycles. The van der Waals surface area contributed by atoms with E-state index in [1.807, 2.05) is 0 Å². The molecule has 0 rings (SSSR count). The number of hydrogen-bond acceptors (Lipinski definition) is 5. The van der Waals surface area contributed by atoms with Gasteiger partial charge in [0.2, 0.25) is 0 Å². The maximum Gasteiger partial charge on any atom is 0.404 e. The monoisotopic (exact) mass is 187 g/mol. The lowest BCUT2D eigenvalue weighted by Gasteiger charge is -2.07. The molecule has 0 aromatic heterocycles. The minimum absolute atomic E-state index is 0.223. The summed E-state index contributed by atoms with van der Waals surface area (Å²) in [6.07, 6.45) is -1.97. The Hall–Kier alpha value is -1.97. The summed E-state index contributed by atoms with van der Waals surface area (Å²) in [5, 5.41) is 8.44. The predicted molar refractivity (Wildman–Crippen MR) is 40.2 cm³/mol. The lowest BCUT2D eigenvalue weighted by Crippen LogP contribution is -2.24. The molecule has 7 nitrogen and oxygen atoms in total. The topological polar surface area (TPSA) is 128 Å². The van der Waals surface area contributed by atoms with E-state index >= 15 is 0 Å². The van der Waals surface area contributed by atoms with Crippen molar-refractivity contribution in [3.8, 4) is 6.07 Å². The highest BCUT2D eigenvalue weighted by atomic mass is 16.6. The molecule has 0 heterocycles. The number of nitrogens with zero attached hydrogens (tertiary/aromatic N) is 1. The predicted octanol–water partition coefficient (Wildman–Crippen LogP) is -0.683.